The summed E-state index contributed by atoms with van der Waals surface area (Å²) >= 11 is 1.59. The van der Waals surface area contributed by atoms with Gasteiger partial charge in [-0.1, -0.05) is 12.1 Å². The van der Waals surface area contributed by atoms with Crippen LogP contribution in [0.3, 0.4) is 0 Å². The largest absolute Gasteiger partial charge is 0.330 e. The van der Waals surface area contributed by atoms with Gasteiger partial charge in [0.15, 0.2) is 0 Å². The van der Waals surface area contributed by atoms with E-state index in [0.29, 0.717) is 18.7 Å². The lowest BCUT2D eigenvalue weighted by Crippen LogP contribution is -2.30. The maximum atomic E-state index is 12.7. The highest BCUT2D eigenvalue weighted by Gasteiger charge is 2.28. The Morgan fingerprint density at radius 1 is 1.28 bits per heavy atom. The van der Waals surface area contributed by atoms with E-state index in [1.165, 1.54) is 12.1 Å². The maximum Gasteiger partial charge on any atom is 0.254 e. The Labute approximate surface area is 152 Å². The fourth-order valence-electron chi connectivity index (χ4n) is 2.41. The van der Waals surface area contributed by atoms with Crippen LogP contribution in [-0.4, -0.2) is 31.8 Å². The molecule has 0 atom stereocenters. The zero-order chi connectivity index (χ0) is 17.9. The van der Waals surface area contributed by atoms with E-state index in [1.54, 1.807) is 34.4 Å². The molecule has 2 aromatic rings. The van der Waals surface area contributed by atoms with Crippen LogP contribution in [0.1, 0.15) is 28.1 Å². The number of sulfonamides is 1. The van der Waals surface area contributed by atoms with Gasteiger partial charge in [-0.3, -0.25) is 4.79 Å². The smallest absolute Gasteiger partial charge is 0.254 e. The number of amides is 1. The van der Waals surface area contributed by atoms with E-state index < -0.39 is 10.0 Å². The second-order valence-corrected chi connectivity index (χ2v) is 8.72. The molecule has 7 heteroatoms. The first-order valence-corrected chi connectivity index (χ1v) is 10.4. The molecule has 1 saturated carbocycles. The zero-order valence-electron chi connectivity index (χ0n) is 13.7. The Balaban J connectivity index is 1.74. The van der Waals surface area contributed by atoms with Crippen LogP contribution in [0.2, 0.25) is 0 Å². The van der Waals surface area contributed by atoms with Gasteiger partial charge in [0.25, 0.3) is 5.91 Å². The van der Waals surface area contributed by atoms with Crippen molar-refractivity contribution in [2.45, 2.75) is 30.3 Å². The Morgan fingerprint density at radius 2 is 2.00 bits per heavy atom. The molecule has 1 N–H and O–H groups in total. The molecule has 1 fully saturated rings. The fourth-order valence-corrected chi connectivity index (χ4v) is 4.44. The van der Waals surface area contributed by atoms with E-state index >= 15 is 0 Å². The van der Waals surface area contributed by atoms with Crippen LogP contribution < -0.4 is 4.72 Å². The molecule has 1 aliphatic carbocycles. The van der Waals surface area contributed by atoms with Crippen LogP contribution in [0.4, 0.5) is 0 Å². The molecule has 0 spiro atoms. The minimum absolute atomic E-state index is 0.0557. The van der Waals surface area contributed by atoms with Gasteiger partial charge in [-0.15, -0.1) is 17.9 Å². The quantitative estimate of drug-likeness (QED) is 0.720. The van der Waals surface area contributed by atoms with Gasteiger partial charge in [0.2, 0.25) is 10.0 Å². The molecule has 5 nitrogen and oxygen atoms in total. The van der Waals surface area contributed by atoms with Crippen molar-refractivity contribution in [3.05, 3.63) is 64.9 Å². The average Bonchev–Trinajstić information content (AvgIpc) is 3.24. The highest BCUT2D eigenvalue weighted by molar-refractivity contribution is 7.89. The second kappa shape index (κ2) is 7.51. The van der Waals surface area contributed by atoms with E-state index in [-0.39, 0.29) is 16.8 Å². The van der Waals surface area contributed by atoms with Gasteiger partial charge in [0, 0.05) is 23.0 Å². The monoisotopic (exact) mass is 376 g/mol. The number of carbonyl (C=O) groups excluding carboxylic acids is 1. The molecule has 132 valence electrons. The minimum Gasteiger partial charge on any atom is -0.330 e. The first-order chi connectivity index (χ1) is 12.0. The van der Waals surface area contributed by atoms with Crippen LogP contribution in [0.5, 0.6) is 0 Å². The molecule has 1 heterocycles. The van der Waals surface area contributed by atoms with E-state index in [4.69, 9.17) is 0 Å². The van der Waals surface area contributed by atoms with Crippen LogP contribution in [0.25, 0.3) is 0 Å². The van der Waals surface area contributed by atoms with E-state index in [2.05, 4.69) is 11.3 Å². The summed E-state index contributed by atoms with van der Waals surface area (Å²) in [6.45, 7) is 4.64. The van der Waals surface area contributed by atoms with Gasteiger partial charge < -0.3 is 4.90 Å². The number of benzene rings is 1. The topological polar surface area (TPSA) is 66.5 Å². The average molecular weight is 377 g/mol. The van der Waals surface area contributed by atoms with E-state index in [0.717, 1.165) is 17.7 Å². The van der Waals surface area contributed by atoms with Gasteiger partial charge in [0.1, 0.15) is 0 Å². The summed E-state index contributed by atoms with van der Waals surface area (Å²) in [4.78, 5) is 15.7. The summed E-state index contributed by atoms with van der Waals surface area (Å²) in [7, 11) is -3.50. The Morgan fingerprint density at radius 3 is 2.56 bits per heavy atom. The molecule has 25 heavy (non-hydrogen) atoms. The lowest BCUT2D eigenvalue weighted by atomic mass is 10.2. The van der Waals surface area contributed by atoms with Crippen molar-refractivity contribution in [2.75, 3.05) is 6.54 Å². The normalized spacial score (nSPS) is 14.2. The minimum atomic E-state index is -3.50. The molecule has 1 amide bonds. The number of nitrogens with one attached hydrogen (secondary N) is 1. The lowest BCUT2D eigenvalue weighted by Gasteiger charge is -2.20. The lowest BCUT2D eigenvalue weighted by molar-refractivity contribution is 0.0764. The molecule has 1 aromatic heterocycles. The Hall–Kier alpha value is -1.96. The number of hydrogen-bond donors (Lipinski definition) is 1. The van der Waals surface area contributed by atoms with Crippen LogP contribution in [0.15, 0.2) is 59.3 Å². The Kier molecular flexibility index (Phi) is 5.36. The predicted molar refractivity (Wildman–Crippen MR) is 99.0 cm³/mol. The van der Waals surface area contributed by atoms with Crippen molar-refractivity contribution in [3.63, 3.8) is 0 Å². The summed E-state index contributed by atoms with van der Waals surface area (Å²) in [6.07, 6.45) is 3.45. The third-order valence-electron chi connectivity index (χ3n) is 3.87. The first kappa shape index (κ1) is 17.8. The predicted octanol–water partition coefficient (Wildman–Crippen LogP) is 3.02. The zero-order valence-corrected chi connectivity index (χ0v) is 15.4. The van der Waals surface area contributed by atoms with Crippen LogP contribution in [-0.2, 0) is 16.6 Å². The molecular weight excluding hydrogens is 356 g/mol. The summed E-state index contributed by atoms with van der Waals surface area (Å²) < 4.78 is 27.0. The van der Waals surface area contributed by atoms with Crippen molar-refractivity contribution in [3.8, 4) is 0 Å². The third-order valence-corrected chi connectivity index (χ3v) is 6.27. The SMILES string of the molecule is C=CCN(Cc1cccs1)C(=O)c1ccc(S(=O)(=O)NC2CC2)cc1. The standard InChI is InChI=1S/C18H20N2O3S2/c1-2-11-20(13-16-4-3-12-24-16)18(21)14-5-9-17(10-6-14)25(22,23)19-15-7-8-15/h2-6,9-10,12,15,19H,1,7-8,11,13H2. The van der Waals surface area contributed by atoms with Crippen molar-refractivity contribution in [1.29, 1.82) is 0 Å². The molecule has 1 aromatic carbocycles. The molecule has 0 unspecified atom stereocenters. The molecule has 0 aliphatic heterocycles. The number of nitrogens with zero attached hydrogens (tertiary/aromatic N) is 1. The number of thiophene rings is 1. The van der Waals surface area contributed by atoms with E-state index in [1.807, 2.05) is 17.5 Å². The molecule has 1 aliphatic rings. The van der Waals surface area contributed by atoms with Crippen LogP contribution >= 0.6 is 11.3 Å². The molecule has 3 rings (SSSR count). The van der Waals surface area contributed by atoms with Gasteiger partial charge in [-0.05, 0) is 48.6 Å². The number of carbonyl (C=O) groups is 1. The summed E-state index contributed by atoms with van der Waals surface area (Å²) in [5.74, 6) is -0.146. The van der Waals surface area contributed by atoms with Crippen molar-refractivity contribution >= 4 is 27.3 Å². The Bertz CT molecular complexity index is 839. The van der Waals surface area contributed by atoms with E-state index in [9.17, 15) is 13.2 Å². The highest BCUT2D eigenvalue weighted by Crippen LogP contribution is 2.22. The molecule has 0 radical (unpaired) electrons. The second-order valence-electron chi connectivity index (χ2n) is 5.97. The van der Waals surface area contributed by atoms with Gasteiger partial charge >= 0.3 is 0 Å². The van der Waals surface area contributed by atoms with Crippen molar-refractivity contribution in [1.82, 2.24) is 9.62 Å². The van der Waals surface area contributed by atoms with Gasteiger partial charge in [-0.2, -0.15) is 0 Å². The first-order valence-electron chi connectivity index (χ1n) is 8.04. The molecule has 0 saturated heterocycles. The number of hydrogen-bond acceptors (Lipinski definition) is 4. The van der Waals surface area contributed by atoms with Crippen molar-refractivity contribution in [2.24, 2.45) is 0 Å². The van der Waals surface area contributed by atoms with Gasteiger partial charge in [0.05, 0.1) is 11.4 Å². The summed E-state index contributed by atoms with van der Waals surface area (Å²) in [6, 6.07) is 10.1. The van der Waals surface area contributed by atoms with Crippen molar-refractivity contribution < 1.29 is 13.2 Å². The van der Waals surface area contributed by atoms with Gasteiger partial charge in [-0.25, -0.2) is 13.1 Å². The third kappa shape index (κ3) is 4.56. The summed E-state index contributed by atoms with van der Waals surface area (Å²) in [5.41, 5.74) is 0.462. The van der Waals surface area contributed by atoms with Crippen LogP contribution in [0, 0.1) is 0 Å². The molecule has 0 bridgehead atoms. The fraction of sp³-hybridized carbons (Fsp3) is 0.278. The maximum absolute atomic E-state index is 12.7. The molecular formula is C18H20N2O3S2. The number of rotatable bonds is 8. The highest BCUT2D eigenvalue weighted by atomic mass is 32.2. The summed E-state index contributed by atoms with van der Waals surface area (Å²) in [5, 5.41) is 1.97.